The van der Waals surface area contributed by atoms with E-state index in [2.05, 4.69) is 11.4 Å². The summed E-state index contributed by atoms with van der Waals surface area (Å²) in [4.78, 5) is 11.3. The highest BCUT2D eigenvalue weighted by Gasteiger charge is 2.02. The van der Waals surface area contributed by atoms with Crippen molar-refractivity contribution in [3.63, 3.8) is 0 Å². The fraction of sp³-hybridized carbons (Fsp3) is 0.357. The van der Waals surface area contributed by atoms with Crippen LogP contribution in [0.2, 0.25) is 0 Å². The molecule has 0 aliphatic rings. The van der Waals surface area contributed by atoms with E-state index in [1.807, 2.05) is 44.3 Å². The quantitative estimate of drug-likeness (QED) is 0.764. The summed E-state index contributed by atoms with van der Waals surface area (Å²) in [6.45, 7) is 3.10. The lowest BCUT2D eigenvalue weighted by Gasteiger charge is -2.02. The minimum Gasteiger partial charge on any atom is -0.466 e. The lowest BCUT2D eigenvalue weighted by atomic mass is 10.1. The standard InChI is InChI=1S/C14H19NO2/c1-3-17-14(16)11-13-8-6-12(7-9-13)5-4-10-15-2/h4-9,15H,3,10-11H2,1-2H3. The zero-order valence-corrected chi connectivity index (χ0v) is 10.4. The molecule has 0 spiro atoms. The number of nitrogens with one attached hydrogen (secondary N) is 1. The highest BCUT2D eigenvalue weighted by atomic mass is 16.5. The first-order valence-corrected chi connectivity index (χ1v) is 5.82. The minimum atomic E-state index is -0.175. The van der Waals surface area contributed by atoms with Crippen LogP contribution in [0.4, 0.5) is 0 Å². The van der Waals surface area contributed by atoms with Gasteiger partial charge in [0.05, 0.1) is 13.0 Å². The summed E-state index contributed by atoms with van der Waals surface area (Å²) in [7, 11) is 1.91. The Morgan fingerprint density at radius 3 is 2.65 bits per heavy atom. The van der Waals surface area contributed by atoms with Crippen molar-refractivity contribution in [1.82, 2.24) is 5.32 Å². The van der Waals surface area contributed by atoms with Gasteiger partial charge < -0.3 is 10.1 Å². The van der Waals surface area contributed by atoms with Crippen LogP contribution in [0.1, 0.15) is 18.1 Å². The van der Waals surface area contributed by atoms with Crippen molar-refractivity contribution in [2.75, 3.05) is 20.2 Å². The van der Waals surface area contributed by atoms with Gasteiger partial charge in [0.1, 0.15) is 0 Å². The summed E-state index contributed by atoms with van der Waals surface area (Å²) < 4.78 is 4.89. The molecule has 0 amide bonds. The van der Waals surface area contributed by atoms with Gasteiger partial charge in [-0.1, -0.05) is 36.4 Å². The first-order chi connectivity index (χ1) is 8.26. The molecule has 0 atom stereocenters. The molecule has 0 heterocycles. The van der Waals surface area contributed by atoms with E-state index in [-0.39, 0.29) is 5.97 Å². The average Bonchev–Trinajstić information content (AvgIpc) is 2.32. The number of carbonyl (C=O) groups excluding carboxylic acids is 1. The SMILES string of the molecule is CCOC(=O)Cc1ccc(C=CCNC)cc1. The maximum absolute atomic E-state index is 11.3. The van der Waals surface area contributed by atoms with Crippen LogP contribution < -0.4 is 5.32 Å². The topological polar surface area (TPSA) is 38.3 Å². The molecule has 0 saturated carbocycles. The van der Waals surface area contributed by atoms with Gasteiger partial charge in [-0.05, 0) is 25.1 Å². The Morgan fingerprint density at radius 2 is 2.06 bits per heavy atom. The number of carbonyl (C=O) groups is 1. The molecule has 17 heavy (non-hydrogen) atoms. The second-order valence-corrected chi connectivity index (χ2v) is 3.68. The van der Waals surface area contributed by atoms with Crippen LogP contribution in [0.3, 0.4) is 0 Å². The molecule has 1 aromatic carbocycles. The van der Waals surface area contributed by atoms with Crippen LogP contribution in [0, 0.1) is 0 Å². The van der Waals surface area contributed by atoms with Crippen molar-refractivity contribution < 1.29 is 9.53 Å². The second-order valence-electron chi connectivity index (χ2n) is 3.68. The highest BCUT2D eigenvalue weighted by molar-refractivity contribution is 5.72. The zero-order valence-electron chi connectivity index (χ0n) is 10.4. The summed E-state index contributed by atoms with van der Waals surface area (Å²) in [6.07, 6.45) is 4.44. The molecule has 0 fully saturated rings. The first-order valence-electron chi connectivity index (χ1n) is 5.82. The van der Waals surface area contributed by atoms with Gasteiger partial charge >= 0.3 is 5.97 Å². The second kappa shape index (κ2) is 7.63. The third kappa shape index (κ3) is 5.31. The smallest absolute Gasteiger partial charge is 0.310 e. The number of benzene rings is 1. The molecule has 92 valence electrons. The Labute approximate surface area is 102 Å². The van der Waals surface area contributed by atoms with Crippen LogP contribution in [0.15, 0.2) is 30.3 Å². The third-order valence-corrected chi connectivity index (χ3v) is 2.27. The molecule has 0 radical (unpaired) electrons. The zero-order chi connectivity index (χ0) is 12.5. The molecule has 0 bridgehead atoms. The number of rotatable bonds is 6. The van der Waals surface area contributed by atoms with E-state index in [9.17, 15) is 4.79 Å². The van der Waals surface area contributed by atoms with Gasteiger partial charge in [0, 0.05) is 6.54 Å². The summed E-state index contributed by atoms with van der Waals surface area (Å²) >= 11 is 0. The Kier molecular flexibility index (Phi) is 6.04. The van der Waals surface area contributed by atoms with Gasteiger partial charge in [-0.25, -0.2) is 0 Å². The van der Waals surface area contributed by atoms with Crippen LogP contribution in [0.5, 0.6) is 0 Å². The first kappa shape index (κ1) is 13.5. The van der Waals surface area contributed by atoms with Crippen molar-refractivity contribution >= 4 is 12.0 Å². The Morgan fingerprint density at radius 1 is 1.35 bits per heavy atom. The summed E-state index contributed by atoms with van der Waals surface area (Å²) in [5.41, 5.74) is 2.11. The lowest BCUT2D eigenvalue weighted by molar-refractivity contribution is -0.142. The Hall–Kier alpha value is -1.61. The fourth-order valence-electron chi connectivity index (χ4n) is 1.44. The molecular weight excluding hydrogens is 214 g/mol. The van der Waals surface area contributed by atoms with Crippen LogP contribution in [-0.4, -0.2) is 26.2 Å². The third-order valence-electron chi connectivity index (χ3n) is 2.27. The summed E-state index contributed by atoms with van der Waals surface area (Å²) in [5.74, 6) is -0.175. The maximum atomic E-state index is 11.3. The highest BCUT2D eigenvalue weighted by Crippen LogP contribution is 2.07. The van der Waals surface area contributed by atoms with E-state index in [0.717, 1.165) is 17.7 Å². The van der Waals surface area contributed by atoms with E-state index in [0.29, 0.717) is 13.0 Å². The molecule has 0 saturated heterocycles. The van der Waals surface area contributed by atoms with Gasteiger partial charge in [-0.3, -0.25) is 4.79 Å². The van der Waals surface area contributed by atoms with Gasteiger partial charge in [0.2, 0.25) is 0 Å². The van der Waals surface area contributed by atoms with Gasteiger partial charge in [0.25, 0.3) is 0 Å². The monoisotopic (exact) mass is 233 g/mol. The Balaban J connectivity index is 2.52. The Bertz CT molecular complexity index is 368. The predicted octanol–water partition coefficient (Wildman–Crippen LogP) is 2.02. The van der Waals surface area contributed by atoms with Crippen LogP contribution >= 0.6 is 0 Å². The van der Waals surface area contributed by atoms with E-state index >= 15 is 0 Å². The molecule has 0 aromatic heterocycles. The molecule has 0 unspecified atom stereocenters. The number of hydrogen-bond donors (Lipinski definition) is 1. The van der Waals surface area contributed by atoms with Crippen molar-refractivity contribution in [3.8, 4) is 0 Å². The van der Waals surface area contributed by atoms with E-state index in [4.69, 9.17) is 4.74 Å². The van der Waals surface area contributed by atoms with E-state index < -0.39 is 0 Å². The fourth-order valence-corrected chi connectivity index (χ4v) is 1.44. The molecule has 3 nitrogen and oxygen atoms in total. The predicted molar refractivity (Wildman–Crippen MR) is 69.7 cm³/mol. The molecule has 1 rings (SSSR count). The van der Waals surface area contributed by atoms with Gasteiger partial charge in [-0.15, -0.1) is 0 Å². The number of hydrogen-bond acceptors (Lipinski definition) is 3. The molecule has 0 aliphatic carbocycles. The van der Waals surface area contributed by atoms with Gasteiger partial charge in [0.15, 0.2) is 0 Å². The number of esters is 1. The maximum Gasteiger partial charge on any atom is 0.310 e. The van der Waals surface area contributed by atoms with Gasteiger partial charge in [-0.2, -0.15) is 0 Å². The van der Waals surface area contributed by atoms with E-state index in [1.54, 1.807) is 0 Å². The summed E-state index contributed by atoms with van der Waals surface area (Å²) in [6, 6.07) is 7.91. The van der Waals surface area contributed by atoms with E-state index in [1.165, 1.54) is 0 Å². The largest absolute Gasteiger partial charge is 0.466 e. The summed E-state index contributed by atoms with van der Waals surface area (Å²) in [5, 5.41) is 3.04. The normalized spacial score (nSPS) is 10.7. The molecule has 3 heteroatoms. The van der Waals surface area contributed by atoms with Crippen molar-refractivity contribution in [2.45, 2.75) is 13.3 Å². The van der Waals surface area contributed by atoms with Crippen molar-refractivity contribution in [1.29, 1.82) is 0 Å². The number of ether oxygens (including phenoxy) is 1. The number of likely N-dealkylation sites (N-methyl/N-ethyl adjacent to an activating group) is 1. The molecule has 0 aliphatic heterocycles. The van der Waals surface area contributed by atoms with Crippen LogP contribution in [-0.2, 0) is 16.0 Å². The van der Waals surface area contributed by atoms with Crippen molar-refractivity contribution in [2.24, 2.45) is 0 Å². The lowest BCUT2D eigenvalue weighted by Crippen LogP contribution is -2.07. The minimum absolute atomic E-state index is 0.175. The van der Waals surface area contributed by atoms with Crippen molar-refractivity contribution in [3.05, 3.63) is 41.5 Å². The molecular formula is C14H19NO2. The van der Waals surface area contributed by atoms with Crippen LogP contribution in [0.25, 0.3) is 6.08 Å². The molecule has 1 N–H and O–H groups in total. The average molecular weight is 233 g/mol. The molecule has 1 aromatic rings.